The van der Waals surface area contributed by atoms with E-state index in [0.29, 0.717) is 10.4 Å². The lowest BCUT2D eigenvalue weighted by Gasteiger charge is -2.03. The van der Waals surface area contributed by atoms with Crippen molar-refractivity contribution in [2.24, 2.45) is 0 Å². The van der Waals surface area contributed by atoms with Gasteiger partial charge in [-0.15, -0.1) is 0 Å². The number of aromatic nitrogens is 3. The molecule has 6 heteroatoms. The second-order valence-electron chi connectivity index (χ2n) is 3.34. The van der Waals surface area contributed by atoms with E-state index in [2.05, 4.69) is 36.2 Å². The summed E-state index contributed by atoms with van der Waals surface area (Å²) in [5, 5.41) is 2.64. The standard InChI is InChI=1S/C11H9BrN4O/c1-7-5-14-8(6-13-7)11(17)16-10-4-2-3-9(12)15-10/h2-6H,1H3,(H,15,16,17). The molecule has 1 N–H and O–H groups in total. The van der Waals surface area contributed by atoms with Crippen molar-refractivity contribution >= 4 is 27.7 Å². The molecule has 0 radical (unpaired) electrons. The molecule has 0 atom stereocenters. The number of carbonyl (C=O) groups excluding carboxylic acids is 1. The summed E-state index contributed by atoms with van der Waals surface area (Å²) < 4.78 is 0.658. The lowest BCUT2D eigenvalue weighted by molar-refractivity contribution is 0.102. The Bertz CT molecular complexity index is 541. The Labute approximate surface area is 106 Å². The number of aryl methyl sites for hydroxylation is 1. The molecule has 0 unspecified atom stereocenters. The molecule has 86 valence electrons. The molecule has 0 bridgehead atoms. The molecule has 0 saturated carbocycles. The zero-order chi connectivity index (χ0) is 12.3. The van der Waals surface area contributed by atoms with Crippen LogP contribution in [-0.4, -0.2) is 20.9 Å². The number of nitrogens with one attached hydrogen (secondary N) is 1. The van der Waals surface area contributed by atoms with E-state index in [-0.39, 0.29) is 11.6 Å². The smallest absolute Gasteiger partial charge is 0.277 e. The summed E-state index contributed by atoms with van der Waals surface area (Å²) in [4.78, 5) is 23.8. The van der Waals surface area contributed by atoms with E-state index in [0.717, 1.165) is 5.69 Å². The second kappa shape index (κ2) is 5.01. The van der Waals surface area contributed by atoms with Crippen molar-refractivity contribution in [2.75, 3.05) is 5.32 Å². The Kier molecular flexibility index (Phi) is 3.43. The topological polar surface area (TPSA) is 67.8 Å². The third kappa shape index (κ3) is 3.07. The van der Waals surface area contributed by atoms with Crippen LogP contribution in [0.3, 0.4) is 0 Å². The lowest BCUT2D eigenvalue weighted by atomic mass is 10.4. The summed E-state index contributed by atoms with van der Waals surface area (Å²) in [6.07, 6.45) is 2.98. The molecule has 0 spiro atoms. The van der Waals surface area contributed by atoms with Gasteiger partial charge in [-0.1, -0.05) is 6.07 Å². The van der Waals surface area contributed by atoms with Gasteiger partial charge in [0.15, 0.2) is 0 Å². The Balaban J connectivity index is 2.14. The molecular weight excluding hydrogens is 284 g/mol. The minimum atomic E-state index is -0.330. The van der Waals surface area contributed by atoms with Gasteiger partial charge in [0, 0.05) is 6.20 Å². The maximum atomic E-state index is 11.8. The van der Waals surface area contributed by atoms with E-state index in [4.69, 9.17) is 0 Å². The maximum absolute atomic E-state index is 11.8. The van der Waals surface area contributed by atoms with Gasteiger partial charge in [0.25, 0.3) is 5.91 Å². The fourth-order valence-corrected chi connectivity index (χ4v) is 1.51. The van der Waals surface area contributed by atoms with Crippen LogP contribution in [0.25, 0.3) is 0 Å². The van der Waals surface area contributed by atoms with Crippen LogP contribution in [0, 0.1) is 6.92 Å². The SMILES string of the molecule is Cc1cnc(C(=O)Nc2cccc(Br)n2)cn1. The molecule has 0 fully saturated rings. The number of hydrogen-bond acceptors (Lipinski definition) is 4. The van der Waals surface area contributed by atoms with Crippen molar-refractivity contribution in [1.82, 2.24) is 15.0 Å². The van der Waals surface area contributed by atoms with Gasteiger partial charge in [-0.3, -0.25) is 9.78 Å². The Hall–Kier alpha value is -1.82. The molecule has 1 amide bonds. The average Bonchev–Trinajstić information content (AvgIpc) is 2.29. The molecule has 0 saturated heterocycles. The number of anilines is 1. The summed E-state index contributed by atoms with van der Waals surface area (Å²) in [5.74, 6) is 0.134. The van der Waals surface area contributed by atoms with Crippen LogP contribution in [0.2, 0.25) is 0 Å². The van der Waals surface area contributed by atoms with Gasteiger partial charge < -0.3 is 5.32 Å². The number of halogens is 1. The van der Waals surface area contributed by atoms with Crippen molar-refractivity contribution < 1.29 is 4.79 Å². The summed E-state index contributed by atoms with van der Waals surface area (Å²) in [5.41, 5.74) is 1.03. The average molecular weight is 293 g/mol. The largest absolute Gasteiger partial charge is 0.305 e. The molecule has 2 rings (SSSR count). The van der Waals surface area contributed by atoms with Crippen molar-refractivity contribution in [3.05, 3.63) is 46.6 Å². The Morgan fingerprint density at radius 3 is 2.76 bits per heavy atom. The van der Waals surface area contributed by atoms with E-state index in [1.807, 2.05) is 6.92 Å². The number of hydrogen-bond donors (Lipinski definition) is 1. The third-order valence-electron chi connectivity index (χ3n) is 1.97. The molecule has 2 heterocycles. The van der Waals surface area contributed by atoms with Gasteiger partial charge in [0.2, 0.25) is 0 Å². The maximum Gasteiger partial charge on any atom is 0.277 e. The van der Waals surface area contributed by atoms with Crippen LogP contribution in [-0.2, 0) is 0 Å². The van der Waals surface area contributed by atoms with Crippen LogP contribution in [0.5, 0.6) is 0 Å². The van der Waals surface area contributed by atoms with Crippen LogP contribution in [0.15, 0.2) is 35.2 Å². The normalized spacial score (nSPS) is 10.0. The quantitative estimate of drug-likeness (QED) is 0.862. The van der Waals surface area contributed by atoms with E-state index >= 15 is 0 Å². The van der Waals surface area contributed by atoms with Crippen molar-refractivity contribution in [3.63, 3.8) is 0 Å². The van der Waals surface area contributed by atoms with Crippen LogP contribution >= 0.6 is 15.9 Å². The van der Waals surface area contributed by atoms with Crippen molar-refractivity contribution in [2.45, 2.75) is 6.92 Å². The summed E-state index contributed by atoms with van der Waals surface area (Å²) in [6.45, 7) is 1.81. The molecule has 0 aliphatic carbocycles. The van der Waals surface area contributed by atoms with Gasteiger partial charge in [0.05, 0.1) is 11.9 Å². The molecule has 5 nitrogen and oxygen atoms in total. The van der Waals surface area contributed by atoms with Crippen LogP contribution in [0.1, 0.15) is 16.2 Å². The zero-order valence-electron chi connectivity index (χ0n) is 9.01. The molecule has 0 aliphatic rings. The fourth-order valence-electron chi connectivity index (χ4n) is 1.17. The number of pyridine rings is 1. The van der Waals surface area contributed by atoms with Gasteiger partial charge in [-0.05, 0) is 35.0 Å². The highest BCUT2D eigenvalue weighted by Crippen LogP contribution is 2.10. The summed E-state index contributed by atoms with van der Waals surface area (Å²) in [7, 11) is 0. The second-order valence-corrected chi connectivity index (χ2v) is 4.16. The van der Waals surface area contributed by atoms with Gasteiger partial charge in [-0.25, -0.2) is 9.97 Å². The first-order chi connectivity index (χ1) is 8.15. The van der Waals surface area contributed by atoms with Crippen molar-refractivity contribution in [3.8, 4) is 0 Å². The number of rotatable bonds is 2. The number of amides is 1. The predicted molar refractivity (Wildman–Crippen MR) is 66.7 cm³/mol. The van der Waals surface area contributed by atoms with E-state index < -0.39 is 0 Å². The fraction of sp³-hybridized carbons (Fsp3) is 0.0909. The van der Waals surface area contributed by atoms with E-state index in [9.17, 15) is 4.79 Å². The number of nitrogens with zero attached hydrogens (tertiary/aromatic N) is 3. The van der Waals surface area contributed by atoms with Crippen molar-refractivity contribution in [1.29, 1.82) is 0 Å². The highest BCUT2D eigenvalue weighted by molar-refractivity contribution is 9.10. The minimum Gasteiger partial charge on any atom is -0.305 e. The van der Waals surface area contributed by atoms with Crippen LogP contribution < -0.4 is 5.32 Å². The van der Waals surface area contributed by atoms with E-state index in [1.54, 1.807) is 24.4 Å². The molecular formula is C11H9BrN4O. The molecule has 0 aliphatic heterocycles. The molecule has 2 aromatic heterocycles. The minimum absolute atomic E-state index is 0.261. The third-order valence-corrected chi connectivity index (χ3v) is 2.41. The molecule has 0 aromatic carbocycles. The monoisotopic (exact) mass is 292 g/mol. The number of carbonyl (C=O) groups is 1. The Morgan fingerprint density at radius 2 is 2.12 bits per heavy atom. The molecule has 17 heavy (non-hydrogen) atoms. The first kappa shape index (κ1) is 11.7. The zero-order valence-corrected chi connectivity index (χ0v) is 10.6. The van der Waals surface area contributed by atoms with Gasteiger partial charge in [-0.2, -0.15) is 0 Å². The summed E-state index contributed by atoms with van der Waals surface area (Å²) in [6, 6.07) is 5.26. The van der Waals surface area contributed by atoms with Crippen LogP contribution in [0.4, 0.5) is 5.82 Å². The highest BCUT2D eigenvalue weighted by Gasteiger charge is 2.08. The van der Waals surface area contributed by atoms with Gasteiger partial charge in [0.1, 0.15) is 16.1 Å². The highest BCUT2D eigenvalue weighted by atomic mass is 79.9. The van der Waals surface area contributed by atoms with Gasteiger partial charge >= 0.3 is 0 Å². The lowest BCUT2D eigenvalue weighted by Crippen LogP contribution is -2.15. The summed E-state index contributed by atoms with van der Waals surface area (Å²) >= 11 is 3.23. The van der Waals surface area contributed by atoms with E-state index in [1.165, 1.54) is 6.20 Å². The first-order valence-electron chi connectivity index (χ1n) is 4.88. The first-order valence-corrected chi connectivity index (χ1v) is 5.67. The Morgan fingerprint density at radius 1 is 1.29 bits per heavy atom. The predicted octanol–water partition coefficient (Wildman–Crippen LogP) is 2.19. The molecule has 2 aromatic rings.